The van der Waals surface area contributed by atoms with Crippen LogP contribution in [0.5, 0.6) is 0 Å². The summed E-state index contributed by atoms with van der Waals surface area (Å²) in [7, 11) is -3.94. The fourth-order valence-electron chi connectivity index (χ4n) is 1.84. The van der Waals surface area contributed by atoms with Crippen LogP contribution in [-0.4, -0.2) is 44.8 Å². The molecule has 1 aromatic heterocycles. The summed E-state index contributed by atoms with van der Waals surface area (Å²) >= 11 is 0. The van der Waals surface area contributed by atoms with Crippen LogP contribution in [0.15, 0.2) is 42.6 Å². The van der Waals surface area contributed by atoms with Gasteiger partial charge < -0.3 is 10.2 Å². The van der Waals surface area contributed by atoms with E-state index in [1.807, 2.05) is 0 Å². The number of ketones is 1. The fourth-order valence-corrected chi connectivity index (χ4v) is 3.36. The number of aliphatic hydroxyl groups is 1. The van der Waals surface area contributed by atoms with Crippen LogP contribution in [0.1, 0.15) is 12.1 Å². The number of carbonyl (C=O) groups is 2. The van der Waals surface area contributed by atoms with Crippen LogP contribution in [-0.2, 0) is 19.6 Å². The average Bonchev–Trinajstić information content (AvgIpc) is 2.98. The quantitative estimate of drug-likeness (QED) is 0.458. The standard InChI is InChI=1S/C13H12N2O6S/c16-11(8-12(17)13(18)19)10-6-7-14-15(10)22(20,21)9-4-2-1-3-5-9/h1-4,6-9,16H,5H2,(H,18,19). The van der Waals surface area contributed by atoms with Gasteiger partial charge >= 0.3 is 5.97 Å². The second-order valence-electron chi connectivity index (χ2n) is 4.39. The molecular formula is C13H12N2O6S. The van der Waals surface area contributed by atoms with Gasteiger partial charge in [0.2, 0.25) is 0 Å². The lowest BCUT2D eigenvalue weighted by molar-refractivity contribution is -0.146. The van der Waals surface area contributed by atoms with Crippen LogP contribution in [0.25, 0.3) is 5.76 Å². The van der Waals surface area contributed by atoms with Gasteiger partial charge in [0, 0.05) is 6.08 Å². The van der Waals surface area contributed by atoms with Gasteiger partial charge in [-0.3, -0.25) is 4.79 Å². The molecule has 0 aliphatic heterocycles. The van der Waals surface area contributed by atoms with Crippen molar-refractivity contribution >= 4 is 27.5 Å². The second-order valence-corrected chi connectivity index (χ2v) is 6.37. The van der Waals surface area contributed by atoms with E-state index < -0.39 is 32.8 Å². The van der Waals surface area contributed by atoms with E-state index in [0.29, 0.717) is 10.2 Å². The second kappa shape index (κ2) is 5.98. The minimum Gasteiger partial charge on any atom is -0.506 e. The smallest absolute Gasteiger partial charge is 0.376 e. The lowest BCUT2D eigenvalue weighted by Gasteiger charge is -2.15. The summed E-state index contributed by atoms with van der Waals surface area (Å²) in [6, 6.07) is 1.17. The normalized spacial score (nSPS) is 18.4. The molecule has 0 saturated carbocycles. The van der Waals surface area contributed by atoms with Gasteiger partial charge in [-0.25, -0.2) is 13.2 Å². The van der Waals surface area contributed by atoms with Crippen LogP contribution in [0, 0.1) is 0 Å². The molecule has 0 spiro atoms. The number of aliphatic hydroxyl groups excluding tert-OH is 1. The van der Waals surface area contributed by atoms with Crippen molar-refractivity contribution in [2.45, 2.75) is 11.7 Å². The summed E-state index contributed by atoms with van der Waals surface area (Å²) in [5.41, 5.74) is -0.280. The molecule has 2 N–H and O–H groups in total. The Bertz CT molecular complexity index is 800. The highest BCUT2D eigenvalue weighted by atomic mass is 32.2. The minimum atomic E-state index is -3.94. The molecule has 1 aliphatic rings. The van der Waals surface area contributed by atoms with Gasteiger partial charge in [-0.1, -0.05) is 24.3 Å². The molecule has 0 amide bonds. The molecule has 0 bridgehead atoms. The Morgan fingerprint density at radius 1 is 1.32 bits per heavy atom. The molecular weight excluding hydrogens is 312 g/mol. The molecule has 2 rings (SSSR count). The van der Waals surface area contributed by atoms with Crippen molar-refractivity contribution in [2.24, 2.45) is 0 Å². The molecule has 116 valence electrons. The molecule has 9 heteroatoms. The lowest BCUT2D eigenvalue weighted by atomic mass is 10.2. The van der Waals surface area contributed by atoms with E-state index in [4.69, 9.17) is 5.11 Å². The van der Waals surface area contributed by atoms with Gasteiger partial charge in [-0.2, -0.15) is 9.19 Å². The van der Waals surface area contributed by atoms with E-state index in [9.17, 15) is 23.1 Å². The summed E-state index contributed by atoms with van der Waals surface area (Å²) < 4.78 is 25.5. The number of hydrogen-bond acceptors (Lipinski definition) is 6. The lowest BCUT2D eigenvalue weighted by Crippen LogP contribution is -2.28. The predicted octanol–water partition coefficient (Wildman–Crippen LogP) is 0.498. The third kappa shape index (κ3) is 2.98. The topological polar surface area (TPSA) is 127 Å². The molecule has 0 aromatic carbocycles. The first kappa shape index (κ1) is 15.7. The highest BCUT2D eigenvalue weighted by Crippen LogP contribution is 2.20. The SMILES string of the molecule is O=C(O)C(=O)C=C(O)c1ccnn1S(=O)(=O)C1C=CC=CC1. The number of aromatic nitrogens is 2. The Labute approximate surface area is 125 Å². The highest BCUT2D eigenvalue weighted by Gasteiger charge is 2.28. The first-order valence-corrected chi connectivity index (χ1v) is 7.64. The Kier molecular flexibility index (Phi) is 4.27. The molecule has 1 heterocycles. The summed E-state index contributed by atoms with van der Waals surface area (Å²) in [5.74, 6) is -3.92. The molecule has 1 atom stereocenters. The predicted molar refractivity (Wildman–Crippen MR) is 76.5 cm³/mol. The molecule has 22 heavy (non-hydrogen) atoms. The number of carboxylic acid groups (broad SMARTS) is 1. The van der Waals surface area contributed by atoms with Gasteiger partial charge in [0.25, 0.3) is 15.8 Å². The summed E-state index contributed by atoms with van der Waals surface area (Å²) in [6.45, 7) is 0. The molecule has 0 radical (unpaired) electrons. The van der Waals surface area contributed by atoms with Gasteiger partial charge in [0.05, 0.1) is 6.20 Å². The number of hydrogen-bond donors (Lipinski definition) is 2. The zero-order valence-electron chi connectivity index (χ0n) is 11.2. The van der Waals surface area contributed by atoms with E-state index >= 15 is 0 Å². The largest absolute Gasteiger partial charge is 0.506 e. The number of rotatable bonds is 5. The summed E-state index contributed by atoms with van der Waals surface area (Å²) in [4.78, 5) is 21.5. The highest BCUT2D eigenvalue weighted by molar-refractivity contribution is 7.90. The van der Waals surface area contributed by atoms with Gasteiger partial charge in [0.1, 0.15) is 16.7 Å². The molecule has 1 aromatic rings. The van der Waals surface area contributed by atoms with Crippen molar-refractivity contribution in [2.75, 3.05) is 0 Å². The monoisotopic (exact) mass is 324 g/mol. The molecule has 0 fully saturated rings. The van der Waals surface area contributed by atoms with E-state index in [2.05, 4.69) is 5.10 Å². The van der Waals surface area contributed by atoms with E-state index in [1.54, 1.807) is 18.2 Å². The van der Waals surface area contributed by atoms with Crippen molar-refractivity contribution in [3.63, 3.8) is 0 Å². The summed E-state index contributed by atoms with van der Waals surface area (Å²) in [6.07, 6.45) is 8.25. The van der Waals surface area contributed by atoms with Crippen molar-refractivity contribution in [3.8, 4) is 0 Å². The summed E-state index contributed by atoms with van der Waals surface area (Å²) in [5, 5.41) is 21.1. The first-order valence-electron chi connectivity index (χ1n) is 6.14. The number of allylic oxidation sites excluding steroid dienone is 3. The van der Waals surface area contributed by atoms with E-state index in [-0.39, 0.29) is 12.1 Å². The van der Waals surface area contributed by atoms with Crippen LogP contribution in [0.3, 0.4) is 0 Å². The van der Waals surface area contributed by atoms with Crippen LogP contribution in [0.2, 0.25) is 0 Å². The molecule has 0 saturated heterocycles. The maximum Gasteiger partial charge on any atom is 0.376 e. The fraction of sp³-hybridized carbons (Fsp3) is 0.154. The maximum absolute atomic E-state index is 12.5. The Morgan fingerprint density at radius 3 is 2.64 bits per heavy atom. The van der Waals surface area contributed by atoms with Crippen molar-refractivity contribution in [3.05, 3.63) is 48.3 Å². The number of carbonyl (C=O) groups excluding carboxylic acids is 1. The first-order chi connectivity index (χ1) is 10.3. The van der Waals surface area contributed by atoms with Crippen molar-refractivity contribution in [1.29, 1.82) is 0 Å². The number of carboxylic acids is 1. The third-order valence-corrected chi connectivity index (χ3v) is 4.80. The zero-order valence-corrected chi connectivity index (χ0v) is 12.0. The Morgan fingerprint density at radius 2 is 2.05 bits per heavy atom. The average molecular weight is 324 g/mol. The van der Waals surface area contributed by atoms with Gasteiger partial charge in [0.15, 0.2) is 0 Å². The number of nitrogens with zero attached hydrogens (tertiary/aromatic N) is 2. The van der Waals surface area contributed by atoms with Gasteiger partial charge in [-0.15, -0.1) is 0 Å². The van der Waals surface area contributed by atoms with Gasteiger partial charge in [-0.05, 0) is 12.5 Å². The number of aliphatic carboxylic acids is 1. The molecule has 1 aliphatic carbocycles. The third-order valence-electron chi connectivity index (χ3n) is 2.92. The van der Waals surface area contributed by atoms with E-state index in [1.165, 1.54) is 12.1 Å². The van der Waals surface area contributed by atoms with Crippen molar-refractivity contribution < 1.29 is 28.2 Å². The van der Waals surface area contributed by atoms with Crippen molar-refractivity contribution in [1.82, 2.24) is 9.19 Å². The maximum atomic E-state index is 12.5. The Hall–Kier alpha value is -2.68. The zero-order chi connectivity index (χ0) is 16.3. The van der Waals surface area contributed by atoms with Crippen LogP contribution in [0.4, 0.5) is 0 Å². The minimum absolute atomic E-state index is 0.247. The Balaban J connectivity index is 2.41. The van der Waals surface area contributed by atoms with Crippen LogP contribution >= 0.6 is 0 Å². The van der Waals surface area contributed by atoms with Crippen LogP contribution < -0.4 is 0 Å². The molecule has 1 unspecified atom stereocenters. The van der Waals surface area contributed by atoms with E-state index in [0.717, 1.165) is 6.20 Å². The molecule has 8 nitrogen and oxygen atoms in total.